The van der Waals surface area contributed by atoms with Crippen LogP contribution in [0.4, 0.5) is 0 Å². The Bertz CT molecular complexity index is 835. The van der Waals surface area contributed by atoms with Crippen LogP contribution >= 0.6 is 23.4 Å². The topological polar surface area (TPSA) is 43.1 Å². The van der Waals surface area contributed by atoms with E-state index in [1.807, 2.05) is 30.8 Å². The van der Waals surface area contributed by atoms with Crippen LogP contribution in [0.25, 0.3) is 0 Å². The lowest BCUT2D eigenvalue weighted by molar-refractivity contribution is 0.583. The van der Waals surface area contributed by atoms with E-state index in [1.165, 1.54) is 10.5 Å². The zero-order chi connectivity index (χ0) is 16.1. The molecule has 118 valence electrons. The summed E-state index contributed by atoms with van der Waals surface area (Å²) in [5.41, 5.74) is 3.64. The number of fused-ring (bicyclic) bond motifs is 3. The average Bonchev–Trinajstić information content (AvgIpc) is 2.97. The van der Waals surface area contributed by atoms with Crippen molar-refractivity contribution in [2.24, 2.45) is 10.9 Å². The van der Waals surface area contributed by atoms with Gasteiger partial charge < -0.3 is 0 Å². The summed E-state index contributed by atoms with van der Waals surface area (Å²) in [6.07, 6.45) is 0. The summed E-state index contributed by atoms with van der Waals surface area (Å²) in [5.74, 6) is 2.14. The molecule has 1 aromatic carbocycles. The summed E-state index contributed by atoms with van der Waals surface area (Å²) >= 11 is 7.94. The van der Waals surface area contributed by atoms with Crippen LogP contribution in [0.3, 0.4) is 0 Å². The van der Waals surface area contributed by atoms with Gasteiger partial charge in [0.1, 0.15) is 5.82 Å². The van der Waals surface area contributed by atoms with Gasteiger partial charge >= 0.3 is 0 Å². The Morgan fingerprint density at radius 3 is 2.61 bits per heavy atom. The van der Waals surface area contributed by atoms with E-state index in [9.17, 15) is 0 Å². The van der Waals surface area contributed by atoms with E-state index in [-0.39, 0.29) is 11.3 Å². The second kappa shape index (κ2) is 5.49. The summed E-state index contributed by atoms with van der Waals surface area (Å²) < 4.78 is 2.25. The minimum Gasteiger partial charge on any atom is -0.300 e. The lowest BCUT2D eigenvalue weighted by Crippen LogP contribution is -2.23. The molecule has 4 nitrogen and oxygen atoms in total. The molecule has 23 heavy (non-hydrogen) atoms. The van der Waals surface area contributed by atoms with E-state index in [0.29, 0.717) is 6.54 Å². The fourth-order valence-corrected chi connectivity index (χ4v) is 4.96. The average molecular weight is 345 g/mol. The molecule has 0 saturated heterocycles. The summed E-state index contributed by atoms with van der Waals surface area (Å²) in [6, 6.07) is 7.98. The van der Waals surface area contributed by atoms with Gasteiger partial charge in [0.2, 0.25) is 0 Å². The third-order valence-corrected chi connectivity index (χ3v) is 6.27. The molecule has 0 N–H and O–H groups in total. The maximum Gasteiger partial charge on any atom is 0.155 e. The van der Waals surface area contributed by atoms with Crippen molar-refractivity contribution in [2.45, 2.75) is 32.7 Å². The highest BCUT2D eigenvalue weighted by molar-refractivity contribution is 8.03. The van der Waals surface area contributed by atoms with Crippen LogP contribution in [0, 0.1) is 12.8 Å². The number of halogens is 1. The Kier molecular flexibility index (Phi) is 3.58. The third kappa shape index (κ3) is 2.34. The normalized spacial score (nSPS) is 23.4. The highest BCUT2D eigenvalue weighted by atomic mass is 35.5. The van der Waals surface area contributed by atoms with Gasteiger partial charge in [-0.25, -0.2) is 0 Å². The van der Waals surface area contributed by atoms with Crippen molar-refractivity contribution in [1.82, 2.24) is 14.8 Å². The Hall–Kier alpha value is -1.59. The largest absolute Gasteiger partial charge is 0.300 e. The zero-order valence-corrected chi connectivity index (χ0v) is 14.8. The Morgan fingerprint density at radius 2 is 1.87 bits per heavy atom. The van der Waals surface area contributed by atoms with Gasteiger partial charge in [-0.1, -0.05) is 29.3 Å². The number of thioether (sulfide) groups is 1. The molecular weight excluding hydrogens is 328 g/mol. The maximum atomic E-state index is 6.05. The quantitative estimate of drug-likeness (QED) is 0.770. The van der Waals surface area contributed by atoms with Crippen LogP contribution in [0.2, 0.25) is 5.02 Å². The van der Waals surface area contributed by atoms with Crippen LogP contribution in [-0.4, -0.2) is 20.5 Å². The molecule has 0 fully saturated rings. The first kappa shape index (κ1) is 15.0. The second-order valence-electron chi connectivity index (χ2n) is 5.97. The Labute approximate surface area is 144 Å². The molecule has 0 spiro atoms. The number of nitrogens with zero attached hydrogens (tertiary/aromatic N) is 4. The Morgan fingerprint density at radius 1 is 1.13 bits per heavy atom. The van der Waals surface area contributed by atoms with Gasteiger partial charge in [-0.2, -0.15) is 0 Å². The summed E-state index contributed by atoms with van der Waals surface area (Å²) in [7, 11) is 0. The van der Waals surface area contributed by atoms with E-state index in [1.54, 1.807) is 0 Å². The molecule has 4 rings (SSSR count). The summed E-state index contributed by atoms with van der Waals surface area (Å²) in [5, 5.41) is 9.57. The van der Waals surface area contributed by atoms with E-state index >= 15 is 0 Å². The number of hydrogen-bond acceptors (Lipinski definition) is 4. The molecule has 2 atom stereocenters. The highest BCUT2D eigenvalue weighted by Crippen LogP contribution is 2.51. The van der Waals surface area contributed by atoms with Gasteiger partial charge in [0.05, 0.1) is 23.5 Å². The summed E-state index contributed by atoms with van der Waals surface area (Å²) in [6.45, 7) is 6.99. The van der Waals surface area contributed by atoms with Gasteiger partial charge in [0, 0.05) is 5.02 Å². The van der Waals surface area contributed by atoms with Crippen molar-refractivity contribution < 1.29 is 0 Å². The van der Waals surface area contributed by atoms with Crippen LogP contribution in [-0.2, 0) is 6.54 Å². The van der Waals surface area contributed by atoms with E-state index < -0.39 is 0 Å². The van der Waals surface area contributed by atoms with Crippen molar-refractivity contribution >= 4 is 29.1 Å². The van der Waals surface area contributed by atoms with Crippen molar-refractivity contribution in [2.75, 3.05) is 0 Å². The van der Waals surface area contributed by atoms with Gasteiger partial charge in [0.15, 0.2) is 5.82 Å². The smallest absolute Gasteiger partial charge is 0.155 e. The van der Waals surface area contributed by atoms with Crippen LogP contribution < -0.4 is 0 Å². The predicted molar refractivity (Wildman–Crippen MR) is 94.9 cm³/mol. The van der Waals surface area contributed by atoms with Crippen LogP contribution in [0.5, 0.6) is 0 Å². The molecule has 3 heterocycles. The van der Waals surface area contributed by atoms with Gasteiger partial charge in [-0.05, 0) is 43.4 Å². The molecule has 1 aromatic heterocycles. The number of benzene rings is 1. The van der Waals surface area contributed by atoms with Gasteiger partial charge in [-0.15, -0.1) is 22.0 Å². The van der Waals surface area contributed by atoms with E-state index in [2.05, 4.69) is 40.7 Å². The molecule has 0 aliphatic carbocycles. The van der Waals surface area contributed by atoms with Crippen molar-refractivity contribution in [3.05, 3.63) is 57.0 Å². The first-order chi connectivity index (χ1) is 11.1. The molecule has 2 aromatic rings. The third-order valence-electron chi connectivity index (χ3n) is 4.62. The van der Waals surface area contributed by atoms with E-state index in [4.69, 9.17) is 16.6 Å². The number of hydrogen-bond donors (Lipinski definition) is 0. The molecule has 2 aliphatic heterocycles. The number of aryl methyl sites for hydroxylation is 1. The first-order valence-electron chi connectivity index (χ1n) is 7.61. The number of allylic oxidation sites excluding steroid dienone is 2. The van der Waals surface area contributed by atoms with Gasteiger partial charge in [0.25, 0.3) is 0 Å². The monoisotopic (exact) mass is 344 g/mol. The van der Waals surface area contributed by atoms with Crippen LogP contribution in [0.1, 0.15) is 36.4 Å². The molecule has 2 aliphatic rings. The number of rotatable bonds is 1. The fourth-order valence-electron chi connectivity index (χ4n) is 3.31. The lowest BCUT2D eigenvalue weighted by atomic mass is 9.90. The predicted octanol–water partition coefficient (Wildman–Crippen LogP) is 4.40. The molecule has 0 amide bonds. The standard InChI is InChI=1S/C17H17ClN4S/c1-9-10(2)23-17-15(9)16(12-4-6-13(18)7-5-12)19-8-14-21-20-11(3)22(14)17/h4-7,15,17H,8H2,1-3H3. The van der Waals surface area contributed by atoms with Crippen molar-refractivity contribution in [3.63, 3.8) is 0 Å². The number of aromatic nitrogens is 3. The lowest BCUT2D eigenvalue weighted by Gasteiger charge is -2.23. The Balaban J connectivity index is 1.87. The van der Waals surface area contributed by atoms with E-state index in [0.717, 1.165) is 27.9 Å². The SMILES string of the molecule is CC1=C(C)C2C(c3ccc(Cl)cc3)=NCc3nnc(C)n3C2S1. The zero-order valence-electron chi connectivity index (χ0n) is 13.2. The molecule has 2 unspecified atom stereocenters. The molecule has 6 heteroatoms. The summed E-state index contributed by atoms with van der Waals surface area (Å²) in [4.78, 5) is 6.27. The minimum atomic E-state index is 0.247. The van der Waals surface area contributed by atoms with Crippen molar-refractivity contribution in [1.29, 1.82) is 0 Å². The molecule has 0 radical (unpaired) electrons. The number of aliphatic imine (C=N–C) groups is 1. The highest BCUT2D eigenvalue weighted by Gasteiger charge is 2.40. The maximum absolute atomic E-state index is 6.05. The van der Waals surface area contributed by atoms with Crippen LogP contribution in [0.15, 0.2) is 39.7 Å². The second-order valence-corrected chi connectivity index (χ2v) is 7.73. The molecule has 0 saturated carbocycles. The minimum absolute atomic E-state index is 0.247. The fraction of sp³-hybridized carbons (Fsp3) is 0.353. The van der Waals surface area contributed by atoms with Gasteiger partial charge in [-0.3, -0.25) is 9.56 Å². The van der Waals surface area contributed by atoms with Crippen molar-refractivity contribution in [3.8, 4) is 0 Å². The molecule has 0 bridgehead atoms. The molecular formula is C17H17ClN4S. The first-order valence-corrected chi connectivity index (χ1v) is 8.86.